The van der Waals surface area contributed by atoms with Crippen LogP contribution in [0.25, 0.3) is 0 Å². The second kappa shape index (κ2) is 9.19. The molecule has 0 spiro atoms. The Labute approximate surface area is 132 Å². The number of halogens is 2. The van der Waals surface area contributed by atoms with Crippen molar-refractivity contribution in [3.8, 4) is 11.5 Å². The topological polar surface area (TPSA) is 87.6 Å². The molecule has 0 radical (unpaired) electrons. The second-order valence-electron chi connectivity index (χ2n) is 3.96. The first kappa shape index (κ1) is 20.1. The van der Waals surface area contributed by atoms with E-state index in [2.05, 4.69) is 4.74 Å². The summed E-state index contributed by atoms with van der Waals surface area (Å²) in [6.07, 6.45) is 0. The zero-order chi connectivity index (χ0) is 16.7. The minimum absolute atomic E-state index is 0. The summed E-state index contributed by atoms with van der Waals surface area (Å²) in [6, 6.07) is 7.05. The fourth-order valence-electron chi connectivity index (χ4n) is 1.49. The van der Waals surface area contributed by atoms with Gasteiger partial charge >= 0.3 is 5.69 Å². The Bertz CT molecular complexity index is 666. The molecule has 0 heterocycles. The number of nitrogen functional groups attached to an aromatic ring is 1. The van der Waals surface area contributed by atoms with Gasteiger partial charge in [0.1, 0.15) is 17.4 Å². The molecule has 0 unspecified atom stereocenters. The van der Waals surface area contributed by atoms with E-state index in [1.807, 2.05) is 0 Å². The van der Waals surface area contributed by atoms with Crippen molar-refractivity contribution in [2.75, 3.05) is 20.0 Å². The third-order valence-corrected chi connectivity index (χ3v) is 2.53. The highest BCUT2D eigenvalue weighted by molar-refractivity contribution is 5.52. The van der Waals surface area contributed by atoms with Gasteiger partial charge in [-0.25, -0.2) is 8.78 Å². The maximum absolute atomic E-state index is 12.5. The number of anilines is 1. The Morgan fingerprint density at radius 1 is 1.00 bits per heavy atom. The number of benzene rings is 2. The van der Waals surface area contributed by atoms with Crippen molar-refractivity contribution in [1.29, 1.82) is 0 Å². The molecule has 0 atom stereocenters. The number of nitro benzene ring substituents is 1. The molecule has 0 fully saturated rings. The lowest BCUT2D eigenvalue weighted by Gasteiger charge is -2.01. The second-order valence-corrected chi connectivity index (χ2v) is 3.96. The third kappa shape index (κ3) is 5.77. The monoisotopic (exact) mass is 328 g/mol. The van der Waals surface area contributed by atoms with E-state index in [-0.39, 0.29) is 24.7 Å². The van der Waals surface area contributed by atoms with E-state index >= 15 is 0 Å². The predicted octanol–water partition coefficient (Wildman–Crippen LogP) is 3.80. The third-order valence-electron chi connectivity index (χ3n) is 2.53. The number of nitro groups is 1. The highest BCUT2D eigenvalue weighted by Gasteiger charge is 2.14. The van der Waals surface area contributed by atoms with Crippen LogP contribution in [0.1, 0.15) is 7.43 Å². The van der Waals surface area contributed by atoms with Crippen LogP contribution in [0, 0.1) is 21.7 Å². The highest BCUT2D eigenvalue weighted by Crippen LogP contribution is 2.26. The average Bonchev–Trinajstić information content (AvgIpc) is 2.49. The summed E-state index contributed by atoms with van der Waals surface area (Å²) in [5.74, 6) is -0.594. The van der Waals surface area contributed by atoms with Crippen LogP contribution in [0.2, 0.25) is 0 Å². The molecule has 6 nitrogen and oxygen atoms in total. The van der Waals surface area contributed by atoms with Gasteiger partial charge in [-0.15, -0.1) is 0 Å². The molecular formula is C15H18F2N2O4. The number of hydrogen-bond acceptors (Lipinski definition) is 5. The van der Waals surface area contributed by atoms with E-state index in [0.29, 0.717) is 11.4 Å². The molecule has 0 saturated carbocycles. The van der Waals surface area contributed by atoms with Gasteiger partial charge in [0.2, 0.25) is 0 Å². The fourth-order valence-corrected chi connectivity index (χ4v) is 1.49. The summed E-state index contributed by atoms with van der Waals surface area (Å²) < 4.78 is 34.3. The van der Waals surface area contributed by atoms with E-state index in [0.717, 1.165) is 18.2 Å². The van der Waals surface area contributed by atoms with Gasteiger partial charge in [0, 0.05) is 18.2 Å². The lowest BCUT2D eigenvalue weighted by molar-refractivity contribution is -0.385. The quantitative estimate of drug-likeness (QED) is 0.526. The van der Waals surface area contributed by atoms with Crippen molar-refractivity contribution in [2.45, 2.75) is 7.43 Å². The summed E-state index contributed by atoms with van der Waals surface area (Å²) in [5, 5.41) is 10.3. The zero-order valence-electron chi connectivity index (χ0n) is 11.9. The smallest absolute Gasteiger partial charge is 0.311 e. The van der Waals surface area contributed by atoms with Crippen LogP contribution in [0.15, 0.2) is 36.4 Å². The molecule has 2 rings (SSSR count). The van der Waals surface area contributed by atoms with Crippen molar-refractivity contribution >= 4 is 11.4 Å². The molecule has 2 aromatic rings. The first-order valence-corrected chi connectivity index (χ1v) is 5.96. The molecule has 0 aliphatic rings. The van der Waals surface area contributed by atoms with E-state index in [9.17, 15) is 18.9 Å². The fraction of sp³-hybridized carbons (Fsp3) is 0.200. The Morgan fingerprint density at radius 3 is 1.91 bits per heavy atom. The first-order chi connectivity index (χ1) is 10.4. The van der Waals surface area contributed by atoms with Gasteiger partial charge < -0.3 is 15.2 Å². The van der Waals surface area contributed by atoms with Gasteiger partial charge in [0.05, 0.1) is 24.8 Å². The van der Waals surface area contributed by atoms with Crippen LogP contribution >= 0.6 is 0 Å². The minimum atomic E-state index is -0.627. The average molecular weight is 328 g/mol. The Balaban J connectivity index is 0.000000409. The van der Waals surface area contributed by atoms with Crippen molar-refractivity contribution in [3.05, 3.63) is 58.1 Å². The minimum Gasteiger partial charge on any atom is -0.494 e. The number of hydrogen-bond donors (Lipinski definition) is 1. The van der Waals surface area contributed by atoms with Gasteiger partial charge in [0.25, 0.3) is 0 Å². The number of nitrogens with zero attached hydrogens (tertiary/aromatic N) is 1. The van der Waals surface area contributed by atoms with Crippen molar-refractivity contribution in [2.24, 2.45) is 0 Å². The summed E-state index contributed by atoms with van der Waals surface area (Å²) in [4.78, 5) is 9.67. The van der Waals surface area contributed by atoms with Crippen molar-refractivity contribution in [3.63, 3.8) is 0 Å². The lowest BCUT2D eigenvalue weighted by Crippen LogP contribution is -1.93. The zero-order valence-corrected chi connectivity index (χ0v) is 11.9. The number of ether oxygens (including phenoxy) is 2. The molecular weight excluding hydrogens is 310 g/mol. The van der Waals surface area contributed by atoms with Crippen LogP contribution in [-0.4, -0.2) is 19.1 Å². The number of methoxy groups -OCH3 is 2. The standard InChI is InChI=1S/C7H6FNO3.C7H8FNO.CH4/c1-12-7-4-5(8)2-3-6(7)9(10)11;1-10-7-4-5(8)2-3-6(7)9;/h2-4H,1H3;2-4H,9H2,1H3;1H4. The van der Waals surface area contributed by atoms with Gasteiger partial charge in [-0.3, -0.25) is 10.1 Å². The molecule has 0 saturated heterocycles. The van der Waals surface area contributed by atoms with E-state index < -0.39 is 10.7 Å². The van der Waals surface area contributed by atoms with Crippen molar-refractivity contribution in [1.82, 2.24) is 0 Å². The van der Waals surface area contributed by atoms with Crippen LogP contribution in [0.5, 0.6) is 11.5 Å². The van der Waals surface area contributed by atoms with E-state index in [1.165, 1.54) is 32.4 Å². The highest BCUT2D eigenvalue weighted by atomic mass is 19.1. The lowest BCUT2D eigenvalue weighted by atomic mass is 10.3. The summed E-state index contributed by atoms with van der Waals surface area (Å²) in [6.45, 7) is 0. The molecule has 0 aromatic heterocycles. The van der Waals surface area contributed by atoms with Crippen LogP contribution < -0.4 is 15.2 Å². The van der Waals surface area contributed by atoms with Crippen LogP contribution in [-0.2, 0) is 0 Å². The Hall–Kier alpha value is -2.90. The molecule has 2 aromatic carbocycles. The largest absolute Gasteiger partial charge is 0.494 e. The summed E-state index contributed by atoms with van der Waals surface area (Å²) in [5.41, 5.74) is 5.62. The molecule has 23 heavy (non-hydrogen) atoms. The normalized spacial score (nSPS) is 9.04. The molecule has 8 heteroatoms. The summed E-state index contributed by atoms with van der Waals surface area (Å²) >= 11 is 0. The van der Waals surface area contributed by atoms with Gasteiger partial charge in [-0.05, 0) is 18.2 Å². The number of nitrogens with two attached hydrogens (primary N) is 1. The molecule has 0 aliphatic heterocycles. The van der Waals surface area contributed by atoms with Crippen LogP contribution in [0.4, 0.5) is 20.2 Å². The maximum Gasteiger partial charge on any atom is 0.311 e. The molecule has 2 N–H and O–H groups in total. The molecule has 126 valence electrons. The Kier molecular flexibility index (Phi) is 8.03. The first-order valence-electron chi connectivity index (χ1n) is 5.96. The number of rotatable bonds is 3. The van der Waals surface area contributed by atoms with Crippen LogP contribution in [0.3, 0.4) is 0 Å². The van der Waals surface area contributed by atoms with Gasteiger partial charge in [-0.1, -0.05) is 7.43 Å². The SMILES string of the molecule is C.COc1cc(F)ccc1N.COc1cc(F)ccc1[N+](=O)[O-]. The maximum atomic E-state index is 12.5. The molecule has 0 amide bonds. The molecule has 0 aliphatic carbocycles. The Morgan fingerprint density at radius 2 is 1.48 bits per heavy atom. The van der Waals surface area contributed by atoms with Gasteiger partial charge in [0.15, 0.2) is 5.75 Å². The van der Waals surface area contributed by atoms with Gasteiger partial charge in [-0.2, -0.15) is 0 Å². The predicted molar refractivity (Wildman–Crippen MR) is 83.7 cm³/mol. The molecule has 0 bridgehead atoms. The summed E-state index contributed by atoms with van der Waals surface area (Å²) in [7, 11) is 2.70. The van der Waals surface area contributed by atoms with E-state index in [4.69, 9.17) is 10.5 Å². The van der Waals surface area contributed by atoms with Crippen molar-refractivity contribution < 1.29 is 23.2 Å². The van der Waals surface area contributed by atoms with E-state index in [1.54, 1.807) is 0 Å².